The van der Waals surface area contributed by atoms with E-state index >= 15 is 0 Å². The highest BCUT2D eigenvalue weighted by molar-refractivity contribution is 6.34. The van der Waals surface area contributed by atoms with E-state index in [1.807, 2.05) is 35.2 Å². The Hall–Kier alpha value is -5.92. The highest BCUT2D eigenvalue weighted by Gasteiger charge is 2.21. The number of hydrogen-bond acceptors (Lipinski definition) is 6. The van der Waals surface area contributed by atoms with Gasteiger partial charge in [-0.15, -0.1) is 0 Å². The number of fused-ring (bicyclic) bond motifs is 2. The fraction of sp³-hybridized carbons (Fsp3) is 0. The van der Waals surface area contributed by atoms with Crippen LogP contribution in [0.1, 0.15) is 5.56 Å². The molecular weight excluding hydrogens is 482 g/mol. The Kier molecular flexibility index (Phi) is 5.07. The Morgan fingerprint density at radius 1 is 0.718 bits per heavy atom. The van der Waals surface area contributed by atoms with Crippen LogP contribution < -0.4 is 4.90 Å². The van der Waals surface area contributed by atoms with Gasteiger partial charge < -0.3 is 0 Å². The third-order valence-electron chi connectivity index (χ3n) is 7.03. The number of hydrogen-bond donors (Lipinski definition) is 0. The zero-order chi connectivity index (χ0) is 26.3. The molecule has 0 spiro atoms. The van der Waals surface area contributed by atoms with Crippen LogP contribution in [0.25, 0.3) is 54.0 Å². The van der Waals surface area contributed by atoms with Crippen molar-refractivity contribution in [2.45, 2.75) is 0 Å². The molecule has 7 heteroatoms. The first kappa shape index (κ1) is 22.3. The maximum Gasteiger partial charge on any atom is 0.262 e. The van der Waals surface area contributed by atoms with Crippen molar-refractivity contribution in [3.05, 3.63) is 121 Å². The fourth-order valence-corrected chi connectivity index (χ4v) is 5.47. The molecule has 7 aromatic rings. The van der Waals surface area contributed by atoms with Gasteiger partial charge >= 0.3 is 0 Å². The van der Waals surface area contributed by atoms with Crippen molar-refractivity contribution in [1.29, 1.82) is 5.26 Å². The quantitative estimate of drug-likeness (QED) is 0.107. The molecule has 0 atom stereocenters. The lowest BCUT2D eigenvalue weighted by molar-refractivity contribution is 1.07. The summed E-state index contributed by atoms with van der Waals surface area (Å²) >= 11 is 0. The molecule has 39 heavy (non-hydrogen) atoms. The van der Waals surface area contributed by atoms with E-state index in [-0.39, 0.29) is 5.70 Å². The van der Waals surface area contributed by atoms with Gasteiger partial charge in [-0.1, -0.05) is 54.6 Å². The minimum Gasteiger partial charge on any atom is -0.278 e. The second-order valence-electron chi connectivity index (χ2n) is 9.01. The maximum atomic E-state index is 9.34. The lowest BCUT2D eigenvalue weighted by Crippen LogP contribution is -2.13. The van der Waals surface area contributed by atoms with E-state index in [4.69, 9.17) is 6.57 Å². The Morgan fingerprint density at radius 2 is 1.28 bits per heavy atom. The van der Waals surface area contributed by atoms with E-state index < -0.39 is 0 Å². The smallest absolute Gasteiger partial charge is 0.262 e. The Morgan fingerprint density at radius 3 is 1.87 bits per heavy atom. The first-order valence-electron chi connectivity index (χ1n) is 12.2. The topological polar surface area (TPSA) is 83.0 Å². The summed E-state index contributed by atoms with van der Waals surface area (Å²) in [5, 5.41) is 18.2. The summed E-state index contributed by atoms with van der Waals surface area (Å²) in [6.45, 7) is 7.32. The molecule has 0 saturated carbocycles. The average Bonchev–Trinajstić information content (AvgIpc) is 3.00. The number of benzene rings is 5. The van der Waals surface area contributed by atoms with Crippen LogP contribution in [0.4, 0.5) is 17.3 Å². The summed E-state index contributed by atoms with van der Waals surface area (Å²) in [6.07, 6.45) is 8.16. The molecule has 0 N–H and O–H groups in total. The van der Waals surface area contributed by atoms with Crippen molar-refractivity contribution in [2.24, 2.45) is 0 Å². The van der Waals surface area contributed by atoms with Gasteiger partial charge in [0, 0.05) is 17.8 Å². The third-order valence-corrected chi connectivity index (χ3v) is 7.03. The normalized spacial score (nSPS) is 11.7. The van der Waals surface area contributed by atoms with Crippen LogP contribution in [0.3, 0.4) is 0 Å². The van der Waals surface area contributed by atoms with Crippen molar-refractivity contribution in [3.63, 3.8) is 0 Å². The van der Waals surface area contributed by atoms with Crippen molar-refractivity contribution >= 4 is 66.5 Å². The number of nitriles is 1. The molecule has 7 nitrogen and oxygen atoms in total. The molecule has 0 saturated heterocycles. The van der Waals surface area contributed by atoms with Crippen LogP contribution in [0.5, 0.6) is 0 Å². The van der Waals surface area contributed by atoms with Gasteiger partial charge in [-0.25, -0.2) is 30.0 Å². The third kappa shape index (κ3) is 3.42. The van der Waals surface area contributed by atoms with E-state index in [0.717, 1.165) is 54.3 Å². The van der Waals surface area contributed by atoms with E-state index in [2.05, 4.69) is 73.3 Å². The van der Waals surface area contributed by atoms with E-state index in [1.54, 1.807) is 18.5 Å². The maximum absolute atomic E-state index is 9.34. The van der Waals surface area contributed by atoms with Gasteiger partial charge in [0.2, 0.25) is 0 Å². The zero-order valence-electron chi connectivity index (χ0n) is 20.4. The average molecular weight is 500 g/mol. The van der Waals surface area contributed by atoms with Crippen LogP contribution >= 0.6 is 0 Å². The van der Waals surface area contributed by atoms with Crippen molar-refractivity contribution in [2.75, 3.05) is 4.90 Å². The molecular formula is C32H17N7. The predicted octanol–water partition coefficient (Wildman–Crippen LogP) is 7.57. The van der Waals surface area contributed by atoms with Gasteiger partial charge in [0.25, 0.3) is 5.70 Å². The van der Waals surface area contributed by atoms with E-state index in [9.17, 15) is 5.26 Å². The van der Waals surface area contributed by atoms with Crippen LogP contribution in [-0.4, -0.2) is 19.9 Å². The molecule has 0 aliphatic rings. The van der Waals surface area contributed by atoms with E-state index in [0.29, 0.717) is 11.6 Å². The zero-order valence-corrected chi connectivity index (χ0v) is 20.4. The predicted molar refractivity (Wildman–Crippen MR) is 154 cm³/mol. The molecule has 0 aliphatic heterocycles. The van der Waals surface area contributed by atoms with Crippen LogP contribution in [0.2, 0.25) is 0 Å². The van der Waals surface area contributed by atoms with Crippen LogP contribution in [0, 0.1) is 17.9 Å². The fourth-order valence-electron chi connectivity index (χ4n) is 5.47. The molecule has 0 aliphatic carbocycles. The standard InChI is InChI=1S/C32H17N7/c1-34-21(17-33)16-20-8-9-25-26-10-11-28(39(29-12-14-35-18-37-29)30-13-15-36-19-38-30)27-7-3-6-24(32(26)27)23-5-2-4-22(20)31(23)25/h2-16,18-19H/b21-16-. The summed E-state index contributed by atoms with van der Waals surface area (Å²) in [7, 11) is 0. The Bertz CT molecular complexity index is 2060. The summed E-state index contributed by atoms with van der Waals surface area (Å²) in [5.74, 6) is 1.40. The number of aromatic nitrogens is 4. The Balaban J connectivity index is 1.58. The summed E-state index contributed by atoms with van der Waals surface area (Å²) in [6, 6.07) is 26.6. The van der Waals surface area contributed by atoms with E-state index in [1.165, 1.54) is 12.7 Å². The van der Waals surface area contributed by atoms with Crippen molar-refractivity contribution < 1.29 is 0 Å². The monoisotopic (exact) mass is 499 g/mol. The summed E-state index contributed by atoms with van der Waals surface area (Å²) < 4.78 is 0. The van der Waals surface area contributed by atoms with Gasteiger partial charge in [-0.3, -0.25) is 4.90 Å². The molecule has 0 radical (unpaired) electrons. The summed E-state index contributed by atoms with van der Waals surface area (Å²) in [4.78, 5) is 22.7. The molecule has 7 rings (SSSR count). The minimum absolute atomic E-state index is 0.0631. The number of anilines is 3. The lowest BCUT2D eigenvalue weighted by atomic mass is 9.87. The molecule has 0 fully saturated rings. The summed E-state index contributed by atoms with van der Waals surface area (Å²) in [5.41, 5.74) is 1.86. The molecule has 0 amide bonds. The highest BCUT2D eigenvalue weighted by Crippen LogP contribution is 2.45. The number of nitrogens with zero attached hydrogens (tertiary/aromatic N) is 7. The molecule has 180 valence electrons. The van der Waals surface area contributed by atoms with Gasteiger partial charge in [0.15, 0.2) is 0 Å². The lowest BCUT2D eigenvalue weighted by Gasteiger charge is -2.25. The second kappa shape index (κ2) is 8.88. The second-order valence-corrected chi connectivity index (χ2v) is 9.01. The Labute approximate surface area is 223 Å². The van der Waals surface area contributed by atoms with Crippen LogP contribution in [0.15, 0.2) is 104 Å². The van der Waals surface area contributed by atoms with Crippen molar-refractivity contribution in [3.8, 4) is 6.07 Å². The molecule has 5 aromatic carbocycles. The van der Waals surface area contributed by atoms with Gasteiger partial charge in [0.05, 0.1) is 18.3 Å². The van der Waals surface area contributed by atoms with Crippen molar-refractivity contribution in [1.82, 2.24) is 19.9 Å². The molecule has 2 aromatic heterocycles. The first-order chi connectivity index (χ1) is 19.3. The van der Waals surface area contributed by atoms with Gasteiger partial charge in [-0.05, 0) is 67.5 Å². The minimum atomic E-state index is 0.0631. The number of allylic oxidation sites excluding steroid dienone is 1. The van der Waals surface area contributed by atoms with Gasteiger partial charge in [0.1, 0.15) is 24.3 Å². The van der Waals surface area contributed by atoms with Crippen LogP contribution in [-0.2, 0) is 0 Å². The van der Waals surface area contributed by atoms with Gasteiger partial charge in [-0.2, -0.15) is 0 Å². The molecule has 0 unspecified atom stereocenters. The SMILES string of the molecule is [C-]#[N+]/C(C#N)=C\c1ccc2c3ccc(N(c4ccncn4)c4ccncn4)c4cccc(c5cccc1c52)c43. The molecule has 2 heterocycles. The molecule has 0 bridgehead atoms. The number of rotatable bonds is 4. The highest BCUT2D eigenvalue weighted by atomic mass is 15.2. The first-order valence-corrected chi connectivity index (χ1v) is 12.2. The largest absolute Gasteiger partial charge is 0.278 e.